The summed E-state index contributed by atoms with van der Waals surface area (Å²) in [5.41, 5.74) is 0. The number of carboxylic acid groups (broad SMARTS) is 1. The highest BCUT2D eigenvalue weighted by Crippen LogP contribution is 2.29. The van der Waals surface area contributed by atoms with Crippen LogP contribution in [0.2, 0.25) is 10.0 Å². The van der Waals surface area contributed by atoms with Crippen LogP contribution in [0.5, 0.6) is 5.75 Å². The van der Waals surface area contributed by atoms with Gasteiger partial charge in [0, 0.05) is 5.02 Å². The third-order valence-electron chi connectivity index (χ3n) is 2.02. The highest BCUT2D eigenvalue weighted by atomic mass is 35.5. The molecule has 1 aromatic carbocycles. The van der Waals surface area contributed by atoms with Gasteiger partial charge in [-0.1, -0.05) is 23.2 Å². The molecule has 0 spiro atoms. The monoisotopic (exact) mass is 287 g/mol. The maximum atomic E-state index is 11.1. The van der Waals surface area contributed by atoms with Crippen LogP contribution < -0.4 is 4.74 Å². The molecule has 0 aliphatic carbocycles. The molecule has 1 unspecified atom stereocenters. The van der Waals surface area contributed by atoms with E-state index in [9.17, 15) is 4.79 Å². The lowest BCUT2D eigenvalue weighted by Gasteiger charge is -2.15. The predicted molar refractivity (Wildman–Crippen MR) is 63.8 cm³/mol. The molecule has 1 N–H and O–H groups in total. The summed E-state index contributed by atoms with van der Waals surface area (Å²) in [7, 11) is 0. The molecule has 0 saturated heterocycles. The Morgan fingerprint density at radius 1 is 1.44 bits per heavy atom. The average molecular weight is 288 g/mol. The number of aromatic nitrogens is 3. The average Bonchev–Trinajstić information content (AvgIpc) is 2.80. The van der Waals surface area contributed by atoms with E-state index in [0.29, 0.717) is 5.02 Å². The van der Waals surface area contributed by atoms with Crippen molar-refractivity contribution in [3.8, 4) is 5.75 Å². The first-order valence-electron chi connectivity index (χ1n) is 4.76. The molecule has 0 amide bonds. The van der Waals surface area contributed by atoms with E-state index in [1.54, 1.807) is 6.07 Å². The molecular weight excluding hydrogens is 281 g/mol. The number of ether oxygens (including phenoxy) is 1. The minimum atomic E-state index is -1.34. The molecule has 0 saturated carbocycles. The van der Waals surface area contributed by atoms with Crippen LogP contribution in [-0.4, -0.2) is 25.8 Å². The van der Waals surface area contributed by atoms with Crippen molar-refractivity contribution in [1.82, 2.24) is 14.8 Å². The van der Waals surface area contributed by atoms with Crippen LogP contribution in [-0.2, 0) is 4.79 Å². The van der Waals surface area contributed by atoms with Gasteiger partial charge in [0.1, 0.15) is 18.4 Å². The van der Waals surface area contributed by atoms with Crippen molar-refractivity contribution in [2.24, 2.45) is 0 Å². The van der Waals surface area contributed by atoms with Crippen molar-refractivity contribution >= 4 is 29.2 Å². The Morgan fingerprint density at radius 3 is 2.78 bits per heavy atom. The van der Waals surface area contributed by atoms with Crippen molar-refractivity contribution < 1.29 is 14.6 Å². The molecule has 1 atom stereocenters. The number of halogens is 2. The van der Waals surface area contributed by atoms with E-state index in [1.807, 2.05) is 0 Å². The van der Waals surface area contributed by atoms with Gasteiger partial charge < -0.3 is 9.84 Å². The van der Waals surface area contributed by atoms with Crippen LogP contribution in [0.25, 0.3) is 0 Å². The molecule has 94 valence electrons. The summed E-state index contributed by atoms with van der Waals surface area (Å²) in [6.45, 7) is 0. The Labute approximate surface area is 112 Å². The first kappa shape index (κ1) is 12.7. The van der Waals surface area contributed by atoms with Crippen LogP contribution in [0.15, 0.2) is 30.9 Å². The Hall–Kier alpha value is -1.79. The van der Waals surface area contributed by atoms with Gasteiger partial charge in [0.2, 0.25) is 0 Å². The van der Waals surface area contributed by atoms with E-state index >= 15 is 0 Å². The van der Waals surface area contributed by atoms with Gasteiger partial charge >= 0.3 is 5.97 Å². The van der Waals surface area contributed by atoms with E-state index in [1.165, 1.54) is 24.8 Å². The minimum absolute atomic E-state index is 0.198. The van der Waals surface area contributed by atoms with Gasteiger partial charge in [-0.3, -0.25) is 0 Å². The molecule has 0 aliphatic heterocycles. The Kier molecular flexibility index (Phi) is 3.69. The van der Waals surface area contributed by atoms with E-state index in [4.69, 9.17) is 33.0 Å². The van der Waals surface area contributed by atoms with Gasteiger partial charge in [-0.2, -0.15) is 5.10 Å². The SMILES string of the molecule is O=C(O)C(Oc1ccc(Cl)cc1Cl)n1cncn1. The summed E-state index contributed by atoms with van der Waals surface area (Å²) >= 11 is 11.6. The van der Waals surface area contributed by atoms with Gasteiger partial charge in [-0.15, -0.1) is 0 Å². The quantitative estimate of drug-likeness (QED) is 0.933. The number of carbonyl (C=O) groups is 1. The fraction of sp³-hybridized carbons (Fsp3) is 0.100. The fourth-order valence-electron chi connectivity index (χ4n) is 1.25. The zero-order valence-corrected chi connectivity index (χ0v) is 10.3. The van der Waals surface area contributed by atoms with Crippen molar-refractivity contribution in [1.29, 1.82) is 0 Å². The molecule has 0 radical (unpaired) electrons. The predicted octanol–water partition coefficient (Wildman–Crippen LogP) is 2.25. The molecule has 1 heterocycles. The normalized spacial score (nSPS) is 12.1. The number of aliphatic carboxylic acids is 1. The largest absolute Gasteiger partial charge is 0.477 e. The summed E-state index contributed by atoms with van der Waals surface area (Å²) in [6.07, 6.45) is 1.11. The second kappa shape index (κ2) is 5.24. The van der Waals surface area contributed by atoms with Crippen molar-refractivity contribution in [3.63, 3.8) is 0 Å². The van der Waals surface area contributed by atoms with Gasteiger partial charge in [-0.05, 0) is 18.2 Å². The summed E-state index contributed by atoms with van der Waals surface area (Å²) in [6, 6.07) is 4.49. The summed E-state index contributed by atoms with van der Waals surface area (Å²) in [4.78, 5) is 14.8. The van der Waals surface area contributed by atoms with Gasteiger partial charge in [0.25, 0.3) is 6.23 Å². The van der Waals surface area contributed by atoms with Gasteiger partial charge in [0.15, 0.2) is 0 Å². The maximum absolute atomic E-state index is 11.1. The zero-order chi connectivity index (χ0) is 13.1. The van der Waals surface area contributed by atoms with Crippen molar-refractivity contribution in [2.45, 2.75) is 6.23 Å². The number of rotatable bonds is 4. The molecule has 18 heavy (non-hydrogen) atoms. The number of benzene rings is 1. The second-order valence-electron chi connectivity index (χ2n) is 3.26. The van der Waals surface area contributed by atoms with Crippen molar-refractivity contribution in [2.75, 3.05) is 0 Å². The highest BCUT2D eigenvalue weighted by Gasteiger charge is 2.23. The zero-order valence-electron chi connectivity index (χ0n) is 8.83. The third kappa shape index (κ3) is 2.72. The topological polar surface area (TPSA) is 77.2 Å². The number of hydrogen-bond donors (Lipinski definition) is 1. The Morgan fingerprint density at radius 2 is 2.22 bits per heavy atom. The van der Waals surface area contributed by atoms with Crippen LogP contribution in [0, 0.1) is 0 Å². The second-order valence-corrected chi connectivity index (χ2v) is 4.10. The molecule has 0 aliphatic rings. The third-order valence-corrected chi connectivity index (χ3v) is 2.55. The van der Waals surface area contributed by atoms with Crippen LogP contribution in [0.4, 0.5) is 0 Å². The molecule has 1 aromatic heterocycles. The number of nitrogens with zero attached hydrogens (tertiary/aromatic N) is 3. The van der Waals surface area contributed by atoms with E-state index < -0.39 is 12.2 Å². The molecule has 0 bridgehead atoms. The highest BCUT2D eigenvalue weighted by molar-refractivity contribution is 6.35. The number of carboxylic acids is 1. The van der Waals surface area contributed by atoms with Crippen LogP contribution >= 0.6 is 23.2 Å². The molecule has 0 fully saturated rings. The van der Waals surface area contributed by atoms with Crippen LogP contribution in [0.3, 0.4) is 0 Å². The van der Waals surface area contributed by atoms with E-state index in [2.05, 4.69) is 10.1 Å². The first-order valence-corrected chi connectivity index (χ1v) is 5.52. The van der Waals surface area contributed by atoms with E-state index in [-0.39, 0.29) is 10.8 Å². The van der Waals surface area contributed by atoms with Crippen LogP contribution in [0.1, 0.15) is 6.23 Å². The fourth-order valence-corrected chi connectivity index (χ4v) is 1.70. The lowest BCUT2D eigenvalue weighted by molar-refractivity contribution is -0.150. The first-order chi connectivity index (χ1) is 8.58. The summed E-state index contributed by atoms with van der Waals surface area (Å²) < 4.78 is 6.34. The standard InChI is InChI=1S/C10H7Cl2N3O3/c11-6-1-2-8(7(12)3-6)18-9(10(16)17)15-5-13-4-14-15/h1-5,9H,(H,16,17). The number of hydrogen-bond acceptors (Lipinski definition) is 4. The Bertz CT molecular complexity index is 560. The Balaban J connectivity index is 2.27. The van der Waals surface area contributed by atoms with Gasteiger partial charge in [-0.25, -0.2) is 14.5 Å². The lowest BCUT2D eigenvalue weighted by Crippen LogP contribution is -2.25. The van der Waals surface area contributed by atoms with E-state index in [0.717, 1.165) is 4.68 Å². The van der Waals surface area contributed by atoms with Crippen molar-refractivity contribution in [3.05, 3.63) is 40.9 Å². The molecule has 2 rings (SSSR count). The maximum Gasteiger partial charge on any atom is 0.368 e. The molecular formula is C10H7Cl2N3O3. The lowest BCUT2D eigenvalue weighted by atomic mass is 10.3. The molecule has 2 aromatic rings. The summed E-state index contributed by atoms with van der Waals surface area (Å²) in [5.74, 6) is -1.02. The molecule has 6 nitrogen and oxygen atoms in total. The minimum Gasteiger partial charge on any atom is -0.477 e. The smallest absolute Gasteiger partial charge is 0.368 e. The van der Waals surface area contributed by atoms with Gasteiger partial charge in [0.05, 0.1) is 5.02 Å². The molecule has 8 heteroatoms. The summed E-state index contributed by atoms with van der Waals surface area (Å²) in [5, 5.41) is 13.4.